The lowest BCUT2D eigenvalue weighted by atomic mass is 10.0. The van der Waals surface area contributed by atoms with Crippen LogP contribution < -0.4 is 5.32 Å². The maximum atomic E-state index is 13.3. The number of hydrogen-bond donors (Lipinski definition) is 1. The number of halogens is 2. The number of aromatic nitrogens is 1. The van der Waals surface area contributed by atoms with Gasteiger partial charge < -0.3 is 19.7 Å². The zero-order chi connectivity index (χ0) is 18.1. The summed E-state index contributed by atoms with van der Waals surface area (Å²) in [6.07, 6.45) is 1.27. The summed E-state index contributed by atoms with van der Waals surface area (Å²) in [4.78, 5) is 18.6. The van der Waals surface area contributed by atoms with Crippen molar-refractivity contribution in [2.45, 2.75) is 18.6 Å². The van der Waals surface area contributed by atoms with E-state index in [9.17, 15) is 13.6 Å². The number of hydrogen-bond acceptors (Lipinski definition) is 6. The van der Waals surface area contributed by atoms with E-state index in [2.05, 4.69) is 10.3 Å². The summed E-state index contributed by atoms with van der Waals surface area (Å²) in [5.74, 6) is -2.07. The molecule has 2 aliphatic heterocycles. The normalized spacial score (nSPS) is 19.1. The van der Waals surface area contributed by atoms with Gasteiger partial charge in [0.05, 0.1) is 13.2 Å². The van der Waals surface area contributed by atoms with Crippen molar-refractivity contribution in [3.05, 3.63) is 40.9 Å². The van der Waals surface area contributed by atoms with Gasteiger partial charge in [0, 0.05) is 43.1 Å². The van der Waals surface area contributed by atoms with Crippen molar-refractivity contribution in [3.8, 4) is 0 Å². The van der Waals surface area contributed by atoms with Gasteiger partial charge in [-0.3, -0.25) is 4.79 Å². The topological polar surface area (TPSA) is 63.7 Å². The molecule has 3 heterocycles. The largest absolute Gasteiger partial charge is 0.347 e. The lowest BCUT2D eigenvalue weighted by molar-refractivity contribution is -0.181. The Hall–Kier alpha value is -2.10. The first-order valence-corrected chi connectivity index (χ1v) is 9.17. The maximum absolute atomic E-state index is 13.3. The van der Waals surface area contributed by atoms with Gasteiger partial charge in [0.1, 0.15) is 17.3 Å². The van der Waals surface area contributed by atoms with Crippen LogP contribution in [0.2, 0.25) is 0 Å². The number of carbonyl (C=O) groups excluding carboxylic acids is 1. The molecule has 1 amide bonds. The number of benzene rings is 1. The van der Waals surface area contributed by atoms with Crippen LogP contribution in [-0.2, 0) is 9.47 Å². The number of ether oxygens (including phenoxy) is 2. The Morgan fingerprint density at radius 3 is 2.46 bits per heavy atom. The van der Waals surface area contributed by atoms with E-state index in [0.29, 0.717) is 50.0 Å². The van der Waals surface area contributed by atoms with Crippen molar-refractivity contribution in [1.29, 1.82) is 0 Å². The zero-order valence-electron chi connectivity index (χ0n) is 13.8. The second kappa shape index (κ2) is 6.90. The van der Waals surface area contributed by atoms with E-state index in [1.54, 1.807) is 10.3 Å². The predicted molar refractivity (Wildman–Crippen MR) is 91.5 cm³/mol. The minimum atomic E-state index is -0.682. The van der Waals surface area contributed by atoms with Crippen molar-refractivity contribution < 1.29 is 23.0 Å². The molecule has 6 nitrogen and oxygen atoms in total. The molecule has 1 spiro atoms. The third kappa shape index (κ3) is 3.55. The van der Waals surface area contributed by atoms with Crippen LogP contribution in [0.25, 0.3) is 0 Å². The van der Waals surface area contributed by atoms with Gasteiger partial charge in [-0.05, 0) is 12.1 Å². The number of anilines is 2. The molecule has 1 aromatic heterocycles. The fourth-order valence-corrected chi connectivity index (χ4v) is 3.88. The molecule has 0 aliphatic carbocycles. The Kier molecular flexibility index (Phi) is 4.60. The molecule has 26 heavy (non-hydrogen) atoms. The summed E-state index contributed by atoms with van der Waals surface area (Å²) in [7, 11) is 0. The van der Waals surface area contributed by atoms with Crippen LogP contribution in [0.15, 0.2) is 23.6 Å². The molecule has 4 rings (SSSR count). The molecule has 1 N–H and O–H groups in total. The van der Waals surface area contributed by atoms with Gasteiger partial charge in [-0.1, -0.05) is 0 Å². The highest BCUT2D eigenvalue weighted by molar-refractivity contribution is 7.14. The van der Waals surface area contributed by atoms with Crippen molar-refractivity contribution >= 4 is 28.1 Å². The molecule has 0 saturated carbocycles. The number of nitrogens with one attached hydrogen (secondary N) is 1. The van der Waals surface area contributed by atoms with Crippen LogP contribution in [0.4, 0.5) is 19.6 Å². The summed E-state index contributed by atoms with van der Waals surface area (Å²) < 4.78 is 37.8. The van der Waals surface area contributed by atoms with Crippen molar-refractivity contribution in [2.24, 2.45) is 0 Å². The fourth-order valence-electron chi connectivity index (χ4n) is 3.18. The second-order valence-electron chi connectivity index (χ2n) is 6.22. The lowest BCUT2D eigenvalue weighted by Gasteiger charge is -2.37. The highest BCUT2D eigenvalue weighted by atomic mass is 32.1. The van der Waals surface area contributed by atoms with E-state index in [-0.39, 0.29) is 11.6 Å². The summed E-state index contributed by atoms with van der Waals surface area (Å²) in [6.45, 7) is 2.26. The number of amides is 1. The molecular weight excluding hydrogens is 364 g/mol. The van der Waals surface area contributed by atoms with Gasteiger partial charge in [0.25, 0.3) is 5.91 Å². The first kappa shape index (κ1) is 17.3. The minimum absolute atomic E-state index is 0.174. The van der Waals surface area contributed by atoms with Gasteiger partial charge in [0.2, 0.25) is 0 Å². The molecule has 1 aromatic carbocycles. The number of likely N-dealkylation sites (tertiary alicyclic amines) is 1. The highest BCUT2D eigenvalue weighted by Gasteiger charge is 2.41. The van der Waals surface area contributed by atoms with E-state index in [4.69, 9.17) is 9.47 Å². The standard InChI is InChI=1S/C17H17F2N3O3S/c18-11-7-12(19)9-13(8-11)20-16-21-14(10-26-16)15(23)22-3-1-17(2-4-22)24-5-6-25-17/h7-10H,1-6H2,(H,20,21). The Balaban J connectivity index is 1.40. The number of carbonyl (C=O) groups is 1. The second-order valence-corrected chi connectivity index (χ2v) is 7.08. The summed E-state index contributed by atoms with van der Waals surface area (Å²) in [5, 5.41) is 4.85. The molecule has 0 radical (unpaired) electrons. The van der Waals surface area contributed by atoms with E-state index in [0.717, 1.165) is 18.2 Å². The first-order valence-electron chi connectivity index (χ1n) is 8.29. The monoisotopic (exact) mass is 381 g/mol. The number of thiazole rings is 1. The van der Waals surface area contributed by atoms with Gasteiger partial charge in [-0.25, -0.2) is 13.8 Å². The molecule has 2 aromatic rings. The lowest BCUT2D eigenvalue weighted by Crippen LogP contribution is -2.47. The average molecular weight is 381 g/mol. The van der Waals surface area contributed by atoms with E-state index >= 15 is 0 Å². The highest BCUT2D eigenvalue weighted by Crippen LogP contribution is 2.32. The molecule has 0 atom stereocenters. The van der Waals surface area contributed by atoms with Gasteiger partial charge in [0.15, 0.2) is 10.9 Å². The molecule has 9 heteroatoms. The third-order valence-electron chi connectivity index (χ3n) is 4.46. The van der Waals surface area contributed by atoms with Crippen LogP contribution >= 0.6 is 11.3 Å². The number of rotatable bonds is 3. The van der Waals surface area contributed by atoms with Crippen LogP contribution in [0, 0.1) is 11.6 Å². The maximum Gasteiger partial charge on any atom is 0.273 e. The quantitative estimate of drug-likeness (QED) is 0.885. The fraction of sp³-hybridized carbons (Fsp3) is 0.412. The Labute approximate surface area is 152 Å². The molecule has 0 unspecified atom stereocenters. The Morgan fingerprint density at radius 1 is 1.15 bits per heavy atom. The molecule has 138 valence electrons. The van der Waals surface area contributed by atoms with Crippen LogP contribution in [-0.4, -0.2) is 47.9 Å². The van der Waals surface area contributed by atoms with Gasteiger partial charge >= 0.3 is 0 Å². The molecular formula is C17H17F2N3O3S. The summed E-state index contributed by atoms with van der Waals surface area (Å²) in [5.41, 5.74) is 0.546. The van der Waals surface area contributed by atoms with Crippen LogP contribution in [0.3, 0.4) is 0 Å². The Morgan fingerprint density at radius 2 is 1.81 bits per heavy atom. The first-order chi connectivity index (χ1) is 12.5. The minimum Gasteiger partial charge on any atom is -0.347 e. The predicted octanol–water partition coefficient (Wildman–Crippen LogP) is 3.14. The molecule has 2 saturated heterocycles. The van der Waals surface area contributed by atoms with Crippen molar-refractivity contribution in [2.75, 3.05) is 31.6 Å². The van der Waals surface area contributed by atoms with Crippen LogP contribution in [0.1, 0.15) is 23.3 Å². The molecule has 0 bridgehead atoms. The third-order valence-corrected chi connectivity index (χ3v) is 5.22. The van der Waals surface area contributed by atoms with Gasteiger partial charge in [-0.2, -0.15) is 0 Å². The van der Waals surface area contributed by atoms with Gasteiger partial charge in [-0.15, -0.1) is 11.3 Å². The van der Waals surface area contributed by atoms with Crippen molar-refractivity contribution in [3.63, 3.8) is 0 Å². The SMILES string of the molecule is O=C(c1csc(Nc2cc(F)cc(F)c2)n1)N1CCC2(CC1)OCCO2. The van der Waals surface area contributed by atoms with Crippen molar-refractivity contribution in [1.82, 2.24) is 9.88 Å². The zero-order valence-corrected chi connectivity index (χ0v) is 14.7. The smallest absolute Gasteiger partial charge is 0.273 e. The average Bonchev–Trinajstić information content (AvgIpc) is 3.24. The Bertz CT molecular complexity index is 793. The summed E-state index contributed by atoms with van der Waals surface area (Å²) in [6, 6.07) is 3.12. The van der Waals surface area contributed by atoms with E-state index in [1.165, 1.54) is 11.3 Å². The number of nitrogens with zero attached hydrogens (tertiary/aromatic N) is 2. The van der Waals surface area contributed by atoms with E-state index in [1.807, 2.05) is 0 Å². The summed E-state index contributed by atoms with van der Waals surface area (Å²) >= 11 is 1.20. The number of piperidine rings is 1. The molecule has 2 fully saturated rings. The van der Waals surface area contributed by atoms with E-state index < -0.39 is 17.4 Å². The molecule has 2 aliphatic rings. The van der Waals surface area contributed by atoms with Crippen LogP contribution in [0.5, 0.6) is 0 Å².